The van der Waals surface area contributed by atoms with Gasteiger partial charge in [-0.3, -0.25) is 14.5 Å². The molecule has 11 nitrogen and oxygen atoms in total. The maximum Gasteiger partial charge on any atom is 0.339 e. The van der Waals surface area contributed by atoms with Crippen molar-refractivity contribution >= 4 is 17.9 Å². The zero-order chi connectivity index (χ0) is 33.4. The second-order valence-corrected chi connectivity index (χ2v) is 14.4. The van der Waals surface area contributed by atoms with Crippen molar-refractivity contribution in [3.8, 4) is 11.5 Å². The van der Waals surface area contributed by atoms with E-state index in [1.807, 2.05) is 26.0 Å². The van der Waals surface area contributed by atoms with Gasteiger partial charge in [0.2, 0.25) is 6.79 Å². The van der Waals surface area contributed by atoms with Crippen LogP contribution in [0.2, 0.25) is 0 Å². The van der Waals surface area contributed by atoms with E-state index in [0.29, 0.717) is 30.1 Å². The Bertz CT molecular complexity index is 1400. The Morgan fingerprint density at radius 3 is 2.49 bits per heavy atom. The maximum atomic E-state index is 14.1. The van der Waals surface area contributed by atoms with Crippen molar-refractivity contribution in [1.82, 2.24) is 4.90 Å². The quantitative estimate of drug-likeness (QED) is 0.263. The molecule has 3 aliphatic heterocycles. The molecule has 258 valence electrons. The first kappa shape index (κ1) is 33.6. The molecule has 3 heterocycles. The molecule has 2 aliphatic carbocycles. The number of aliphatic hydroxyl groups is 1. The largest absolute Gasteiger partial charge is 0.497 e. The smallest absolute Gasteiger partial charge is 0.339 e. The minimum atomic E-state index is -2.16. The van der Waals surface area contributed by atoms with Gasteiger partial charge in [0.1, 0.15) is 11.4 Å². The van der Waals surface area contributed by atoms with Crippen molar-refractivity contribution in [3.63, 3.8) is 0 Å². The van der Waals surface area contributed by atoms with Gasteiger partial charge in [0, 0.05) is 6.54 Å². The molecule has 4 atom stereocenters. The molecule has 47 heavy (non-hydrogen) atoms. The van der Waals surface area contributed by atoms with E-state index >= 15 is 0 Å². The van der Waals surface area contributed by atoms with E-state index in [1.165, 1.54) is 7.11 Å². The fraction of sp³-hybridized carbons (Fsp3) is 0.694. The topological polar surface area (TPSA) is 130 Å². The highest BCUT2D eigenvalue weighted by Gasteiger charge is 2.59. The monoisotopic (exact) mass is 655 g/mol. The first-order valence-electron chi connectivity index (χ1n) is 17.2. The summed E-state index contributed by atoms with van der Waals surface area (Å²) in [5, 5.41) is 11.9. The van der Waals surface area contributed by atoms with Crippen LogP contribution in [0.4, 0.5) is 0 Å². The molecule has 0 aromatic heterocycles. The van der Waals surface area contributed by atoms with Gasteiger partial charge in [-0.1, -0.05) is 19.3 Å². The van der Waals surface area contributed by atoms with E-state index in [-0.39, 0.29) is 31.0 Å². The van der Waals surface area contributed by atoms with Gasteiger partial charge in [0.25, 0.3) is 0 Å². The van der Waals surface area contributed by atoms with E-state index < -0.39 is 41.2 Å². The van der Waals surface area contributed by atoms with Crippen molar-refractivity contribution < 1.29 is 47.9 Å². The third-order valence-corrected chi connectivity index (χ3v) is 10.9. The molecule has 0 bridgehead atoms. The fourth-order valence-corrected chi connectivity index (χ4v) is 8.44. The number of fused-ring (bicyclic) bond motifs is 3. The predicted octanol–water partition coefficient (Wildman–Crippen LogP) is 4.71. The Kier molecular flexibility index (Phi) is 9.50. The van der Waals surface area contributed by atoms with Gasteiger partial charge < -0.3 is 33.5 Å². The summed E-state index contributed by atoms with van der Waals surface area (Å²) in [4.78, 5) is 41.9. The summed E-state index contributed by atoms with van der Waals surface area (Å²) in [6, 6.07) is 4.02. The average molecular weight is 656 g/mol. The highest BCUT2D eigenvalue weighted by atomic mass is 16.7. The molecule has 1 saturated heterocycles. The third-order valence-electron chi connectivity index (χ3n) is 10.9. The van der Waals surface area contributed by atoms with Crippen LogP contribution in [0.25, 0.3) is 0 Å². The molecule has 1 N–H and O–H groups in total. The summed E-state index contributed by atoms with van der Waals surface area (Å²) in [7, 11) is 2.78. The Morgan fingerprint density at radius 2 is 1.77 bits per heavy atom. The lowest BCUT2D eigenvalue weighted by molar-refractivity contribution is -0.179. The van der Waals surface area contributed by atoms with E-state index in [4.69, 9.17) is 28.4 Å². The molecule has 0 radical (unpaired) electrons. The number of hydrogen-bond donors (Lipinski definition) is 1. The highest BCUT2D eigenvalue weighted by Crippen LogP contribution is 2.55. The van der Waals surface area contributed by atoms with Crippen LogP contribution in [0.1, 0.15) is 102 Å². The number of esters is 3. The van der Waals surface area contributed by atoms with Crippen LogP contribution in [-0.4, -0.2) is 84.9 Å². The van der Waals surface area contributed by atoms with Crippen LogP contribution in [0.15, 0.2) is 24.0 Å². The van der Waals surface area contributed by atoms with Crippen LogP contribution in [-0.2, 0) is 39.8 Å². The fourth-order valence-electron chi connectivity index (χ4n) is 8.44. The zero-order valence-electron chi connectivity index (χ0n) is 28.1. The molecule has 2 fully saturated rings. The number of benzene rings is 1. The number of ether oxygens (including phenoxy) is 6. The van der Waals surface area contributed by atoms with E-state index in [2.05, 4.69) is 11.0 Å². The Hall–Kier alpha value is -3.31. The molecule has 0 unspecified atom stereocenters. The lowest BCUT2D eigenvalue weighted by Gasteiger charge is -2.39. The molecule has 1 aromatic carbocycles. The lowest BCUT2D eigenvalue weighted by Crippen LogP contribution is -2.49. The number of nitrogens with zero attached hydrogens (tertiary/aromatic N) is 1. The van der Waals surface area contributed by atoms with Crippen LogP contribution in [0.5, 0.6) is 11.5 Å². The summed E-state index contributed by atoms with van der Waals surface area (Å²) in [6.07, 6.45) is 8.80. The summed E-state index contributed by atoms with van der Waals surface area (Å²) in [5.74, 6) is -0.389. The summed E-state index contributed by atoms with van der Waals surface area (Å²) < 4.78 is 34.4. The van der Waals surface area contributed by atoms with Crippen molar-refractivity contribution in [3.05, 3.63) is 35.1 Å². The van der Waals surface area contributed by atoms with Crippen molar-refractivity contribution in [2.75, 3.05) is 34.1 Å². The molecule has 11 heteroatoms. The van der Waals surface area contributed by atoms with Crippen LogP contribution < -0.4 is 9.47 Å². The predicted molar refractivity (Wildman–Crippen MR) is 170 cm³/mol. The zero-order valence-corrected chi connectivity index (χ0v) is 28.1. The van der Waals surface area contributed by atoms with E-state index in [1.54, 1.807) is 7.11 Å². The number of methoxy groups -OCH3 is 2. The van der Waals surface area contributed by atoms with Gasteiger partial charge in [0.05, 0.1) is 38.0 Å². The number of carbonyl (C=O) groups excluding carboxylic acids is 3. The number of rotatable bonds is 11. The number of hydrogen-bond acceptors (Lipinski definition) is 11. The summed E-state index contributed by atoms with van der Waals surface area (Å²) in [6.45, 7) is 5.55. The second kappa shape index (κ2) is 13.3. The Balaban J connectivity index is 1.23. The van der Waals surface area contributed by atoms with Gasteiger partial charge in [-0.25, -0.2) is 4.79 Å². The van der Waals surface area contributed by atoms with Crippen LogP contribution >= 0.6 is 0 Å². The number of carbonyl (C=O) groups is 3. The average Bonchev–Trinajstić information content (AvgIpc) is 3.74. The Morgan fingerprint density at radius 1 is 1.02 bits per heavy atom. The minimum absolute atomic E-state index is 0.0820. The molecule has 6 rings (SSSR count). The van der Waals surface area contributed by atoms with Crippen molar-refractivity contribution in [2.45, 2.75) is 120 Å². The molecule has 1 spiro atoms. The molecular weight excluding hydrogens is 606 g/mol. The van der Waals surface area contributed by atoms with Crippen LogP contribution in [0.3, 0.4) is 0 Å². The van der Waals surface area contributed by atoms with Crippen molar-refractivity contribution in [2.24, 2.45) is 5.92 Å². The van der Waals surface area contributed by atoms with Gasteiger partial charge in [-0.15, -0.1) is 0 Å². The maximum absolute atomic E-state index is 14.1. The van der Waals surface area contributed by atoms with Crippen molar-refractivity contribution in [1.29, 1.82) is 0 Å². The SMILES string of the molecule is COC(=O)C[C@](O)(CCCC(C)(C)OC(=O)C1CCCCC1)C(=O)O[C@@H]1C(OC)=C[C@]23CCCN2CCc2cc4c(cc2[C@H]13)OCO4. The highest BCUT2D eigenvalue weighted by molar-refractivity contribution is 5.86. The molecule has 1 aromatic rings. The van der Waals surface area contributed by atoms with Gasteiger partial charge in [-0.05, 0) is 101 Å². The van der Waals surface area contributed by atoms with Gasteiger partial charge >= 0.3 is 17.9 Å². The Labute approximate surface area is 276 Å². The minimum Gasteiger partial charge on any atom is -0.497 e. The molecular formula is C36H49NO10. The van der Waals surface area contributed by atoms with E-state index in [9.17, 15) is 19.5 Å². The molecule has 0 amide bonds. The first-order valence-corrected chi connectivity index (χ1v) is 17.2. The molecule has 1 saturated carbocycles. The standard InChI is InChI=1S/C36H49NO10/c1-34(2,47-32(39)23-10-6-5-7-11-23)13-8-15-36(41,21-29(38)43-4)33(40)46-31-28(42-3)20-35-14-9-16-37(35)17-12-24-18-26-27(45-22-44-26)19-25(24)30(31)35/h18-20,23,30-31,41H,5-17,21-22H2,1-4H3/t30-,31-,35+,36-/m1/s1. The summed E-state index contributed by atoms with van der Waals surface area (Å²) in [5.41, 5.74) is -1.33. The third kappa shape index (κ3) is 6.57. The summed E-state index contributed by atoms with van der Waals surface area (Å²) >= 11 is 0. The van der Waals surface area contributed by atoms with E-state index in [0.717, 1.165) is 75.6 Å². The first-order chi connectivity index (χ1) is 22.5. The molecule has 5 aliphatic rings. The van der Waals surface area contributed by atoms with Crippen LogP contribution in [0, 0.1) is 5.92 Å². The van der Waals surface area contributed by atoms with Gasteiger partial charge in [0.15, 0.2) is 23.2 Å². The normalized spacial score (nSPS) is 26.6. The second-order valence-electron chi connectivity index (χ2n) is 14.4. The lowest BCUT2D eigenvalue weighted by atomic mass is 9.77. The van der Waals surface area contributed by atoms with Gasteiger partial charge in [-0.2, -0.15) is 0 Å².